The van der Waals surface area contributed by atoms with Crippen molar-refractivity contribution in [3.8, 4) is 5.82 Å². The van der Waals surface area contributed by atoms with Gasteiger partial charge in [0.15, 0.2) is 5.82 Å². The van der Waals surface area contributed by atoms with Crippen LogP contribution in [0.5, 0.6) is 0 Å². The molecule has 0 radical (unpaired) electrons. The SMILES string of the molecule is O=C(NCc1cn(-c2cc(Cl)ccn2)nn1)c1cc(Br)ccc1Cl. The number of rotatable bonds is 4. The molecule has 1 amide bonds. The Morgan fingerprint density at radius 2 is 2.08 bits per heavy atom. The Hall–Kier alpha value is -1.96. The molecule has 24 heavy (non-hydrogen) atoms. The highest BCUT2D eigenvalue weighted by atomic mass is 79.9. The average molecular weight is 427 g/mol. The lowest BCUT2D eigenvalue weighted by Gasteiger charge is -2.05. The summed E-state index contributed by atoms with van der Waals surface area (Å²) in [5.41, 5.74) is 0.964. The van der Waals surface area contributed by atoms with Crippen LogP contribution in [0.2, 0.25) is 10.0 Å². The predicted molar refractivity (Wildman–Crippen MR) is 94.5 cm³/mol. The maximum Gasteiger partial charge on any atom is 0.253 e. The van der Waals surface area contributed by atoms with Crippen molar-refractivity contribution in [1.82, 2.24) is 25.3 Å². The second-order valence-corrected chi connectivity index (χ2v) is 6.55. The van der Waals surface area contributed by atoms with Crippen LogP contribution in [-0.2, 0) is 6.54 Å². The van der Waals surface area contributed by atoms with Crippen molar-refractivity contribution >= 4 is 45.0 Å². The molecule has 122 valence electrons. The van der Waals surface area contributed by atoms with Gasteiger partial charge in [-0.15, -0.1) is 5.10 Å². The molecule has 0 unspecified atom stereocenters. The van der Waals surface area contributed by atoms with E-state index in [1.54, 1.807) is 42.7 Å². The molecule has 2 heterocycles. The molecule has 0 aliphatic carbocycles. The summed E-state index contributed by atoms with van der Waals surface area (Å²) in [6.07, 6.45) is 3.25. The highest BCUT2D eigenvalue weighted by Crippen LogP contribution is 2.21. The van der Waals surface area contributed by atoms with Gasteiger partial charge in [0, 0.05) is 21.8 Å². The molecule has 2 aromatic heterocycles. The van der Waals surface area contributed by atoms with Crippen molar-refractivity contribution in [2.75, 3.05) is 0 Å². The van der Waals surface area contributed by atoms with Gasteiger partial charge >= 0.3 is 0 Å². The highest BCUT2D eigenvalue weighted by Gasteiger charge is 2.12. The molecule has 0 aliphatic heterocycles. The summed E-state index contributed by atoms with van der Waals surface area (Å²) in [4.78, 5) is 16.4. The third-order valence-corrected chi connectivity index (χ3v) is 4.14. The van der Waals surface area contributed by atoms with Crippen LogP contribution in [-0.4, -0.2) is 25.9 Å². The molecule has 0 spiro atoms. The van der Waals surface area contributed by atoms with E-state index in [4.69, 9.17) is 23.2 Å². The highest BCUT2D eigenvalue weighted by molar-refractivity contribution is 9.10. The molecule has 0 fully saturated rings. The van der Waals surface area contributed by atoms with Crippen molar-refractivity contribution < 1.29 is 4.79 Å². The number of amides is 1. The molecule has 0 saturated carbocycles. The first-order valence-electron chi connectivity index (χ1n) is 6.79. The summed E-state index contributed by atoms with van der Waals surface area (Å²) in [5, 5.41) is 11.7. The molecule has 3 rings (SSSR count). The molecule has 0 atom stereocenters. The summed E-state index contributed by atoms with van der Waals surface area (Å²) >= 11 is 15.3. The number of hydrogen-bond acceptors (Lipinski definition) is 4. The Morgan fingerprint density at radius 3 is 2.88 bits per heavy atom. The van der Waals surface area contributed by atoms with Crippen molar-refractivity contribution in [3.05, 3.63) is 68.5 Å². The topological polar surface area (TPSA) is 72.7 Å². The fourth-order valence-corrected chi connectivity index (χ4v) is 2.67. The summed E-state index contributed by atoms with van der Waals surface area (Å²) in [7, 11) is 0. The maximum atomic E-state index is 12.2. The van der Waals surface area contributed by atoms with Crippen LogP contribution in [0.1, 0.15) is 16.1 Å². The molecule has 1 N–H and O–H groups in total. The zero-order valence-corrected chi connectivity index (χ0v) is 15.2. The van der Waals surface area contributed by atoms with E-state index in [1.165, 1.54) is 4.68 Å². The number of carbonyl (C=O) groups is 1. The first-order chi connectivity index (χ1) is 11.5. The Bertz CT molecular complexity index is 899. The molecular formula is C15H10BrCl2N5O. The molecule has 1 aromatic carbocycles. The second-order valence-electron chi connectivity index (χ2n) is 4.79. The smallest absolute Gasteiger partial charge is 0.253 e. The molecule has 3 aromatic rings. The summed E-state index contributed by atoms with van der Waals surface area (Å²) < 4.78 is 2.26. The van der Waals surface area contributed by atoms with Crippen LogP contribution in [0, 0.1) is 0 Å². The van der Waals surface area contributed by atoms with E-state index in [2.05, 4.69) is 36.5 Å². The monoisotopic (exact) mass is 425 g/mol. The van der Waals surface area contributed by atoms with Crippen molar-refractivity contribution in [1.29, 1.82) is 0 Å². The average Bonchev–Trinajstić information content (AvgIpc) is 3.04. The number of halogens is 3. The number of pyridine rings is 1. The van der Waals surface area contributed by atoms with E-state index in [0.29, 0.717) is 27.1 Å². The zero-order valence-electron chi connectivity index (χ0n) is 12.1. The summed E-state index contributed by atoms with van der Waals surface area (Å²) in [5.74, 6) is 0.249. The Morgan fingerprint density at radius 1 is 1.25 bits per heavy atom. The standard InChI is InChI=1S/C15H10BrCl2N5O/c16-9-1-2-13(18)12(5-9)15(24)20-7-11-8-23(22-21-11)14-6-10(17)3-4-19-14/h1-6,8H,7H2,(H,20,24). The van der Waals surface area contributed by atoms with E-state index in [1.807, 2.05) is 0 Å². The lowest BCUT2D eigenvalue weighted by Crippen LogP contribution is -2.23. The number of nitrogens with one attached hydrogen (secondary N) is 1. The van der Waals surface area contributed by atoms with Gasteiger partial charge in [-0.3, -0.25) is 4.79 Å². The number of hydrogen-bond donors (Lipinski definition) is 1. The molecule has 0 saturated heterocycles. The molecule has 6 nitrogen and oxygen atoms in total. The number of nitrogens with zero attached hydrogens (tertiary/aromatic N) is 4. The first kappa shape index (κ1) is 16.9. The van der Waals surface area contributed by atoms with Gasteiger partial charge in [0.25, 0.3) is 5.91 Å². The number of aromatic nitrogens is 4. The molecule has 9 heteroatoms. The minimum atomic E-state index is -0.295. The fraction of sp³-hybridized carbons (Fsp3) is 0.0667. The van der Waals surface area contributed by atoms with Gasteiger partial charge in [-0.25, -0.2) is 9.67 Å². The largest absolute Gasteiger partial charge is 0.346 e. The van der Waals surface area contributed by atoms with Gasteiger partial charge in [0.1, 0.15) is 5.69 Å². The van der Waals surface area contributed by atoms with Crippen LogP contribution < -0.4 is 5.32 Å². The van der Waals surface area contributed by atoms with Crippen molar-refractivity contribution in [2.24, 2.45) is 0 Å². The van der Waals surface area contributed by atoms with Crippen LogP contribution in [0.25, 0.3) is 5.82 Å². The van der Waals surface area contributed by atoms with E-state index < -0.39 is 0 Å². The van der Waals surface area contributed by atoms with Crippen LogP contribution in [0.15, 0.2) is 47.2 Å². The van der Waals surface area contributed by atoms with E-state index >= 15 is 0 Å². The van der Waals surface area contributed by atoms with Gasteiger partial charge < -0.3 is 5.32 Å². The number of carbonyl (C=O) groups excluding carboxylic acids is 1. The van der Waals surface area contributed by atoms with Crippen LogP contribution >= 0.6 is 39.1 Å². The Labute approximate surface area is 155 Å². The minimum Gasteiger partial charge on any atom is -0.346 e. The van der Waals surface area contributed by atoms with Gasteiger partial charge in [-0.2, -0.15) is 0 Å². The van der Waals surface area contributed by atoms with Crippen molar-refractivity contribution in [3.63, 3.8) is 0 Å². The van der Waals surface area contributed by atoms with E-state index in [9.17, 15) is 4.79 Å². The molecule has 0 bridgehead atoms. The molecule has 0 aliphatic rings. The quantitative estimate of drug-likeness (QED) is 0.690. The predicted octanol–water partition coefficient (Wildman–Crippen LogP) is 3.66. The lowest BCUT2D eigenvalue weighted by atomic mass is 10.2. The van der Waals surface area contributed by atoms with Gasteiger partial charge in [0.2, 0.25) is 0 Å². The van der Waals surface area contributed by atoms with Crippen LogP contribution in [0.3, 0.4) is 0 Å². The first-order valence-corrected chi connectivity index (χ1v) is 8.34. The summed E-state index contributed by atoms with van der Waals surface area (Å²) in [6, 6.07) is 8.42. The van der Waals surface area contributed by atoms with Gasteiger partial charge in [0.05, 0.1) is 23.3 Å². The van der Waals surface area contributed by atoms with Crippen LogP contribution in [0.4, 0.5) is 0 Å². The Balaban J connectivity index is 1.69. The maximum absolute atomic E-state index is 12.2. The fourth-order valence-electron chi connectivity index (χ4n) is 1.95. The molecular weight excluding hydrogens is 417 g/mol. The van der Waals surface area contributed by atoms with Crippen molar-refractivity contribution in [2.45, 2.75) is 6.54 Å². The Kier molecular flexibility index (Phi) is 5.13. The lowest BCUT2D eigenvalue weighted by molar-refractivity contribution is 0.0950. The minimum absolute atomic E-state index is 0.211. The zero-order chi connectivity index (χ0) is 17.1. The normalized spacial score (nSPS) is 10.6. The third kappa shape index (κ3) is 3.92. The number of benzene rings is 1. The third-order valence-electron chi connectivity index (χ3n) is 3.09. The van der Waals surface area contributed by atoms with Gasteiger partial charge in [-0.05, 0) is 24.3 Å². The summed E-state index contributed by atoms with van der Waals surface area (Å²) in [6.45, 7) is 0.211. The van der Waals surface area contributed by atoms with Gasteiger partial charge in [-0.1, -0.05) is 44.3 Å². The second kappa shape index (κ2) is 7.29. The van der Waals surface area contributed by atoms with E-state index in [-0.39, 0.29) is 12.5 Å². The van der Waals surface area contributed by atoms with E-state index in [0.717, 1.165) is 4.47 Å².